The second kappa shape index (κ2) is 10.0. The molecule has 0 saturated carbocycles. The van der Waals surface area contributed by atoms with E-state index >= 15 is 0 Å². The van der Waals surface area contributed by atoms with Gasteiger partial charge in [-0.3, -0.25) is 0 Å². The van der Waals surface area contributed by atoms with Gasteiger partial charge in [0.2, 0.25) is 0 Å². The fourth-order valence-electron chi connectivity index (χ4n) is 5.96. The van der Waals surface area contributed by atoms with Gasteiger partial charge in [-0.15, -0.1) is 0 Å². The molecule has 0 aliphatic heterocycles. The van der Waals surface area contributed by atoms with E-state index in [2.05, 4.69) is 43.9 Å². The minimum absolute atomic E-state index is 0.369. The van der Waals surface area contributed by atoms with Gasteiger partial charge in [-0.2, -0.15) is 0 Å². The molecule has 2 aromatic heterocycles. The number of aryl methyl sites for hydroxylation is 1. The first-order valence-electron chi connectivity index (χ1n) is 14.3. The maximum Gasteiger partial charge on any atom is 0.344 e. The van der Waals surface area contributed by atoms with Crippen molar-refractivity contribution in [3.63, 3.8) is 0 Å². The van der Waals surface area contributed by atoms with Crippen LogP contribution in [0.2, 0.25) is 0 Å². The molecule has 0 radical (unpaired) electrons. The molecule has 7 aromatic rings. The lowest BCUT2D eigenvalue weighted by Crippen LogP contribution is -2.21. The van der Waals surface area contributed by atoms with Gasteiger partial charge in [0.25, 0.3) is 0 Å². The van der Waals surface area contributed by atoms with Crippen LogP contribution in [-0.4, -0.2) is 13.1 Å². The summed E-state index contributed by atoms with van der Waals surface area (Å²) in [6, 6.07) is 31.7. The minimum Gasteiger partial charge on any atom is -0.422 e. The summed E-state index contributed by atoms with van der Waals surface area (Å²) in [5.74, 6) is 0. The third-order valence-corrected chi connectivity index (χ3v) is 8.29. The van der Waals surface area contributed by atoms with Gasteiger partial charge < -0.3 is 13.7 Å². The Bertz CT molecular complexity index is 2290. The van der Waals surface area contributed by atoms with E-state index in [9.17, 15) is 9.59 Å². The van der Waals surface area contributed by atoms with Gasteiger partial charge in [0.15, 0.2) is 0 Å². The number of anilines is 1. The van der Waals surface area contributed by atoms with Crippen LogP contribution in [-0.2, 0) is 0 Å². The topological polar surface area (TPSA) is 63.7 Å². The van der Waals surface area contributed by atoms with Crippen molar-refractivity contribution in [3.8, 4) is 22.3 Å². The molecule has 0 aliphatic carbocycles. The number of benzene rings is 5. The molecule has 7 rings (SSSR count). The highest BCUT2D eigenvalue weighted by Gasteiger charge is 2.14. The van der Waals surface area contributed by atoms with Crippen molar-refractivity contribution in [2.45, 2.75) is 20.8 Å². The smallest absolute Gasteiger partial charge is 0.344 e. The van der Waals surface area contributed by atoms with Crippen molar-refractivity contribution in [1.82, 2.24) is 0 Å². The predicted molar refractivity (Wildman–Crippen MR) is 173 cm³/mol. The largest absolute Gasteiger partial charge is 0.422 e. The Kier molecular flexibility index (Phi) is 6.16. The number of nitrogens with zero attached hydrogens (tertiary/aromatic N) is 1. The molecule has 0 fully saturated rings. The quantitative estimate of drug-likeness (QED) is 0.158. The highest BCUT2D eigenvalue weighted by molar-refractivity contribution is 6.06. The first-order valence-corrected chi connectivity index (χ1v) is 14.3. The van der Waals surface area contributed by atoms with Gasteiger partial charge in [-0.1, -0.05) is 54.6 Å². The monoisotopic (exact) mass is 551 g/mol. The van der Waals surface area contributed by atoms with Crippen LogP contribution >= 0.6 is 0 Å². The Morgan fingerprint density at radius 3 is 1.90 bits per heavy atom. The molecule has 5 nitrogen and oxygen atoms in total. The molecular weight excluding hydrogens is 522 g/mol. The highest BCUT2D eigenvalue weighted by atomic mass is 16.4. The Morgan fingerprint density at radius 2 is 1.21 bits per heavy atom. The van der Waals surface area contributed by atoms with Gasteiger partial charge in [0, 0.05) is 41.0 Å². The number of fused-ring (bicyclic) bond motifs is 5. The Labute approximate surface area is 242 Å². The molecule has 0 N–H and O–H groups in total. The number of rotatable bonds is 5. The van der Waals surface area contributed by atoms with Crippen molar-refractivity contribution >= 4 is 49.2 Å². The third kappa shape index (κ3) is 4.25. The SMILES string of the molecule is CCN(CC)c1ccc2cc(-c3ccc4cc(-c5cc6ccc7c(C)cccc7c6oc5=O)ccc4c3)c(=O)oc2c1. The minimum atomic E-state index is -0.370. The molecule has 0 atom stereocenters. The van der Waals surface area contributed by atoms with E-state index in [-0.39, 0.29) is 11.3 Å². The lowest BCUT2D eigenvalue weighted by Gasteiger charge is -2.21. The molecule has 0 unspecified atom stereocenters. The van der Waals surface area contributed by atoms with Crippen LogP contribution in [0.5, 0.6) is 0 Å². The fourth-order valence-corrected chi connectivity index (χ4v) is 5.96. The molecule has 206 valence electrons. The van der Waals surface area contributed by atoms with E-state index in [1.807, 2.05) is 78.9 Å². The molecule has 0 bridgehead atoms. The molecule has 0 amide bonds. The van der Waals surface area contributed by atoms with E-state index in [4.69, 9.17) is 8.83 Å². The molecule has 0 aliphatic rings. The van der Waals surface area contributed by atoms with Crippen LogP contribution in [0.15, 0.2) is 115 Å². The van der Waals surface area contributed by atoms with E-state index in [1.54, 1.807) is 0 Å². The predicted octanol–water partition coefficient (Wildman–Crippen LogP) is 8.69. The zero-order valence-electron chi connectivity index (χ0n) is 23.7. The summed E-state index contributed by atoms with van der Waals surface area (Å²) in [6.45, 7) is 8.03. The molecule has 5 heteroatoms. The highest BCUT2D eigenvalue weighted by Crippen LogP contribution is 2.32. The zero-order valence-corrected chi connectivity index (χ0v) is 23.7. The second-order valence-corrected chi connectivity index (χ2v) is 10.7. The summed E-state index contributed by atoms with van der Waals surface area (Å²) < 4.78 is 11.7. The van der Waals surface area contributed by atoms with Crippen molar-refractivity contribution < 1.29 is 8.83 Å². The van der Waals surface area contributed by atoms with E-state index in [1.165, 1.54) is 0 Å². The Morgan fingerprint density at radius 1 is 0.595 bits per heavy atom. The average molecular weight is 552 g/mol. The summed E-state index contributed by atoms with van der Waals surface area (Å²) in [5.41, 5.74) is 5.22. The van der Waals surface area contributed by atoms with Crippen molar-refractivity contribution in [3.05, 3.63) is 123 Å². The van der Waals surface area contributed by atoms with Crippen molar-refractivity contribution in [2.24, 2.45) is 0 Å². The summed E-state index contributed by atoms with van der Waals surface area (Å²) in [7, 11) is 0. The Hall–Kier alpha value is -5.16. The third-order valence-electron chi connectivity index (χ3n) is 8.29. The van der Waals surface area contributed by atoms with Crippen LogP contribution < -0.4 is 16.2 Å². The van der Waals surface area contributed by atoms with E-state index in [0.29, 0.717) is 22.3 Å². The summed E-state index contributed by atoms with van der Waals surface area (Å²) >= 11 is 0. The first-order chi connectivity index (χ1) is 20.4. The summed E-state index contributed by atoms with van der Waals surface area (Å²) in [5, 5.41) is 5.68. The van der Waals surface area contributed by atoms with Gasteiger partial charge in [0.1, 0.15) is 11.2 Å². The normalized spacial score (nSPS) is 11.6. The average Bonchev–Trinajstić information content (AvgIpc) is 3.00. The first kappa shape index (κ1) is 25.8. The lowest BCUT2D eigenvalue weighted by molar-refractivity contribution is 0.563. The van der Waals surface area contributed by atoms with Crippen LogP contribution in [0, 0.1) is 6.92 Å². The van der Waals surface area contributed by atoms with Crippen molar-refractivity contribution in [1.29, 1.82) is 0 Å². The maximum atomic E-state index is 13.2. The van der Waals surface area contributed by atoms with Gasteiger partial charge in [-0.25, -0.2) is 9.59 Å². The van der Waals surface area contributed by atoms with Gasteiger partial charge >= 0.3 is 11.3 Å². The van der Waals surface area contributed by atoms with Crippen LogP contribution in [0.1, 0.15) is 19.4 Å². The molecular formula is C37H29NO4. The van der Waals surface area contributed by atoms with E-state index in [0.717, 1.165) is 67.8 Å². The Balaban J connectivity index is 1.27. The van der Waals surface area contributed by atoms with Crippen LogP contribution in [0.4, 0.5) is 5.69 Å². The summed E-state index contributed by atoms with van der Waals surface area (Å²) in [4.78, 5) is 28.4. The second-order valence-electron chi connectivity index (χ2n) is 10.7. The molecule has 0 spiro atoms. The molecule has 5 aromatic carbocycles. The summed E-state index contributed by atoms with van der Waals surface area (Å²) in [6.07, 6.45) is 0. The lowest BCUT2D eigenvalue weighted by atomic mass is 9.97. The van der Waals surface area contributed by atoms with E-state index < -0.39 is 0 Å². The zero-order chi connectivity index (χ0) is 29.0. The molecule has 42 heavy (non-hydrogen) atoms. The van der Waals surface area contributed by atoms with Crippen molar-refractivity contribution in [2.75, 3.05) is 18.0 Å². The molecule has 0 saturated heterocycles. The van der Waals surface area contributed by atoms with Crippen LogP contribution in [0.25, 0.3) is 65.7 Å². The number of hydrogen-bond donors (Lipinski definition) is 0. The fraction of sp³-hybridized carbons (Fsp3) is 0.135. The number of hydrogen-bond acceptors (Lipinski definition) is 5. The standard InChI is InChI=1S/C37H29NO4/c1-4-38(5-2)29-15-13-27-19-32(36(39)41-34(27)21-29)25-11-9-24-18-26(12-10-23(24)17-25)33-20-28-14-16-30-22(3)7-6-8-31(30)35(28)42-37(33)40/h6-21H,4-5H2,1-3H3. The molecule has 2 heterocycles. The van der Waals surface area contributed by atoms with Gasteiger partial charge in [0.05, 0.1) is 11.1 Å². The van der Waals surface area contributed by atoms with Crippen LogP contribution in [0.3, 0.4) is 0 Å². The van der Waals surface area contributed by atoms with Gasteiger partial charge in [-0.05, 0) is 90.0 Å². The maximum absolute atomic E-state index is 13.2.